The molecule has 3 heterocycles. The number of allylic oxidation sites excluding steroid dienone is 2. The molecular formula is C22H32N4O3S. The minimum atomic E-state index is -3.41. The Morgan fingerprint density at radius 1 is 1.03 bits per heavy atom. The molecule has 2 saturated heterocycles. The van der Waals surface area contributed by atoms with Gasteiger partial charge in [0.1, 0.15) is 4.90 Å². The fourth-order valence-electron chi connectivity index (χ4n) is 4.85. The van der Waals surface area contributed by atoms with Crippen LogP contribution < -0.4 is 4.90 Å². The Morgan fingerprint density at radius 3 is 2.40 bits per heavy atom. The van der Waals surface area contributed by atoms with Crippen LogP contribution in [-0.2, 0) is 14.6 Å². The summed E-state index contributed by atoms with van der Waals surface area (Å²) in [5, 5.41) is 0. The van der Waals surface area contributed by atoms with E-state index < -0.39 is 9.84 Å². The lowest BCUT2D eigenvalue weighted by Crippen LogP contribution is -2.42. The molecule has 2 aliphatic heterocycles. The summed E-state index contributed by atoms with van der Waals surface area (Å²) in [4.78, 5) is 26.4. The molecule has 0 radical (unpaired) electrons. The fraction of sp³-hybridized carbons (Fsp3) is 0.682. The van der Waals surface area contributed by atoms with Gasteiger partial charge in [-0.25, -0.2) is 18.4 Å². The number of aromatic nitrogens is 2. The Hall–Kier alpha value is -1.96. The van der Waals surface area contributed by atoms with Crippen molar-refractivity contribution < 1.29 is 13.2 Å². The number of hydrogen-bond acceptors (Lipinski definition) is 6. The van der Waals surface area contributed by atoms with E-state index in [-0.39, 0.29) is 22.6 Å². The van der Waals surface area contributed by atoms with E-state index in [9.17, 15) is 13.2 Å². The van der Waals surface area contributed by atoms with Gasteiger partial charge >= 0.3 is 0 Å². The molecule has 1 amide bonds. The second-order valence-electron chi connectivity index (χ2n) is 8.82. The number of piperidine rings is 2. The number of sulfone groups is 1. The molecule has 0 N–H and O–H groups in total. The molecule has 30 heavy (non-hydrogen) atoms. The van der Waals surface area contributed by atoms with E-state index in [1.807, 2.05) is 4.90 Å². The van der Waals surface area contributed by atoms with Crippen LogP contribution in [-0.4, -0.2) is 61.6 Å². The highest BCUT2D eigenvalue weighted by atomic mass is 32.2. The van der Waals surface area contributed by atoms with Gasteiger partial charge in [0.15, 0.2) is 9.84 Å². The maximum absolute atomic E-state index is 12.8. The number of likely N-dealkylation sites (tertiary alicyclic amines) is 1. The average Bonchev–Trinajstić information content (AvgIpc) is 2.79. The van der Waals surface area contributed by atoms with Gasteiger partial charge in [-0.2, -0.15) is 0 Å². The zero-order chi connectivity index (χ0) is 21.1. The van der Waals surface area contributed by atoms with E-state index >= 15 is 0 Å². The van der Waals surface area contributed by atoms with Gasteiger partial charge in [-0.05, 0) is 51.4 Å². The first-order valence-corrected chi connectivity index (χ1v) is 13.1. The van der Waals surface area contributed by atoms with Crippen LogP contribution in [0.25, 0.3) is 0 Å². The summed E-state index contributed by atoms with van der Waals surface area (Å²) in [5.74, 6) is 1.03. The third kappa shape index (κ3) is 4.68. The van der Waals surface area contributed by atoms with Gasteiger partial charge in [-0.3, -0.25) is 4.79 Å². The Balaban J connectivity index is 1.51. The lowest BCUT2D eigenvalue weighted by Gasteiger charge is -2.35. The summed E-state index contributed by atoms with van der Waals surface area (Å²) >= 11 is 0. The fourth-order valence-corrected chi connectivity index (χ4v) is 5.68. The molecule has 2 fully saturated rings. The molecule has 1 aliphatic carbocycles. The van der Waals surface area contributed by atoms with E-state index in [1.54, 1.807) is 0 Å². The molecule has 164 valence electrons. The highest BCUT2D eigenvalue weighted by molar-refractivity contribution is 7.90. The third-order valence-corrected chi connectivity index (χ3v) is 7.73. The Morgan fingerprint density at radius 2 is 1.77 bits per heavy atom. The van der Waals surface area contributed by atoms with Crippen LogP contribution in [0, 0.1) is 5.92 Å². The van der Waals surface area contributed by atoms with Crippen molar-refractivity contribution in [3.63, 3.8) is 0 Å². The number of rotatable bonds is 4. The van der Waals surface area contributed by atoms with E-state index in [0.717, 1.165) is 58.0 Å². The zero-order valence-electron chi connectivity index (χ0n) is 17.8. The number of anilines is 1. The number of hydrogen-bond donors (Lipinski definition) is 0. The van der Waals surface area contributed by atoms with E-state index in [2.05, 4.69) is 22.0 Å². The molecule has 0 unspecified atom stereocenters. The largest absolute Gasteiger partial charge is 0.342 e. The lowest BCUT2D eigenvalue weighted by atomic mass is 9.89. The van der Waals surface area contributed by atoms with Crippen LogP contribution in [0.3, 0.4) is 0 Å². The standard InChI is InChI=1S/C22H32N4O3S/c1-30(28,29)19-16-23-22(26-12-6-3-7-13-26)24-20(19)17-10-14-25(15-11-17)21(27)18-8-4-2-5-9-18/h2,4,16-18H,3,5-15H2,1H3/t18-/m1/s1. The van der Waals surface area contributed by atoms with Gasteiger partial charge < -0.3 is 9.80 Å². The van der Waals surface area contributed by atoms with Gasteiger partial charge in [0.05, 0.1) is 11.9 Å². The molecule has 4 rings (SSSR count). The molecular weight excluding hydrogens is 400 g/mol. The van der Waals surface area contributed by atoms with Crippen molar-refractivity contribution >= 4 is 21.7 Å². The van der Waals surface area contributed by atoms with Gasteiger partial charge in [-0.1, -0.05) is 12.2 Å². The van der Waals surface area contributed by atoms with Gasteiger partial charge in [-0.15, -0.1) is 0 Å². The molecule has 0 saturated carbocycles. The second kappa shape index (κ2) is 9.04. The first-order valence-electron chi connectivity index (χ1n) is 11.2. The van der Waals surface area contributed by atoms with Gasteiger partial charge in [0.25, 0.3) is 0 Å². The quantitative estimate of drug-likeness (QED) is 0.680. The van der Waals surface area contributed by atoms with E-state index in [0.29, 0.717) is 24.7 Å². The highest BCUT2D eigenvalue weighted by Gasteiger charge is 2.32. The Bertz CT molecular complexity index is 901. The van der Waals surface area contributed by atoms with Crippen LogP contribution >= 0.6 is 0 Å². The molecule has 3 aliphatic rings. The van der Waals surface area contributed by atoms with Crippen LogP contribution in [0.15, 0.2) is 23.2 Å². The molecule has 0 spiro atoms. The molecule has 1 aromatic rings. The predicted octanol–water partition coefficient (Wildman–Crippen LogP) is 2.93. The monoisotopic (exact) mass is 432 g/mol. The van der Waals surface area contributed by atoms with E-state index in [4.69, 9.17) is 4.98 Å². The smallest absolute Gasteiger partial charge is 0.226 e. The van der Waals surface area contributed by atoms with Crippen molar-refractivity contribution in [2.75, 3.05) is 37.3 Å². The van der Waals surface area contributed by atoms with Crippen LogP contribution in [0.5, 0.6) is 0 Å². The summed E-state index contributed by atoms with van der Waals surface area (Å²) < 4.78 is 24.8. The first kappa shape index (κ1) is 21.3. The summed E-state index contributed by atoms with van der Waals surface area (Å²) in [5.41, 5.74) is 0.640. The van der Waals surface area contributed by atoms with Gasteiger partial charge in [0, 0.05) is 44.3 Å². The Labute approximate surface area is 179 Å². The number of amides is 1. The number of carbonyl (C=O) groups excluding carboxylic acids is 1. The highest BCUT2D eigenvalue weighted by Crippen LogP contribution is 2.33. The van der Waals surface area contributed by atoms with Crippen LogP contribution in [0.2, 0.25) is 0 Å². The molecule has 0 bridgehead atoms. The van der Waals surface area contributed by atoms with Gasteiger partial charge in [0.2, 0.25) is 11.9 Å². The lowest BCUT2D eigenvalue weighted by molar-refractivity contribution is -0.136. The molecule has 1 aromatic heterocycles. The molecule has 7 nitrogen and oxygen atoms in total. The summed E-state index contributed by atoms with van der Waals surface area (Å²) in [6.45, 7) is 3.16. The molecule has 1 atom stereocenters. The van der Waals surface area contributed by atoms with Crippen molar-refractivity contribution in [3.05, 3.63) is 24.0 Å². The average molecular weight is 433 g/mol. The van der Waals surface area contributed by atoms with Crippen molar-refractivity contribution in [1.29, 1.82) is 0 Å². The van der Waals surface area contributed by atoms with Crippen molar-refractivity contribution in [2.45, 2.75) is 62.2 Å². The topological polar surface area (TPSA) is 83.5 Å². The number of carbonyl (C=O) groups is 1. The minimum absolute atomic E-state index is 0.0385. The predicted molar refractivity (Wildman–Crippen MR) is 116 cm³/mol. The minimum Gasteiger partial charge on any atom is -0.342 e. The summed E-state index contributed by atoms with van der Waals surface area (Å²) in [6.07, 6.45) is 14.7. The third-order valence-electron chi connectivity index (χ3n) is 6.62. The second-order valence-corrected chi connectivity index (χ2v) is 10.8. The summed E-state index contributed by atoms with van der Waals surface area (Å²) in [6, 6.07) is 0. The Kier molecular flexibility index (Phi) is 6.41. The summed E-state index contributed by atoms with van der Waals surface area (Å²) in [7, 11) is -3.41. The first-order chi connectivity index (χ1) is 14.4. The van der Waals surface area contributed by atoms with Crippen LogP contribution in [0.1, 0.15) is 63.0 Å². The SMILES string of the molecule is CS(=O)(=O)c1cnc(N2CCCCC2)nc1C1CCN(C(=O)[C@@H]2CC=CCC2)CC1. The molecule has 0 aromatic carbocycles. The van der Waals surface area contributed by atoms with Crippen molar-refractivity contribution in [1.82, 2.24) is 14.9 Å². The zero-order valence-corrected chi connectivity index (χ0v) is 18.6. The van der Waals surface area contributed by atoms with Crippen LogP contribution in [0.4, 0.5) is 5.95 Å². The normalized spacial score (nSPS) is 23.6. The number of nitrogens with zero attached hydrogens (tertiary/aromatic N) is 4. The van der Waals surface area contributed by atoms with E-state index in [1.165, 1.54) is 18.9 Å². The van der Waals surface area contributed by atoms with Crippen molar-refractivity contribution in [3.8, 4) is 0 Å². The van der Waals surface area contributed by atoms with Crippen molar-refractivity contribution in [2.24, 2.45) is 5.92 Å². The maximum Gasteiger partial charge on any atom is 0.226 e. The maximum atomic E-state index is 12.8. The molecule has 8 heteroatoms.